The summed E-state index contributed by atoms with van der Waals surface area (Å²) in [5.74, 6) is -0.391. The van der Waals surface area contributed by atoms with Crippen LogP contribution < -0.4 is 4.90 Å². The third-order valence-electron chi connectivity index (χ3n) is 5.03. The van der Waals surface area contributed by atoms with Crippen LogP contribution in [0.25, 0.3) is 0 Å². The number of nitrogens with zero attached hydrogens (tertiary/aromatic N) is 3. The van der Waals surface area contributed by atoms with Crippen molar-refractivity contribution in [2.24, 2.45) is 4.99 Å². The molecule has 0 spiro atoms. The number of aliphatic imine (C=N–C) groups is 1. The maximum Gasteiger partial charge on any atom is 0.416 e. The van der Waals surface area contributed by atoms with Crippen LogP contribution in [0, 0.1) is 11.3 Å². The quantitative estimate of drug-likeness (QED) is 0.571. The van der Waals surface area contributed by atoms with Gasteiger partial charge in [-0.2, -0.15) is 18.4 Å². The van der Waals surface area contributed by atoms with Crippen LogP contribution >= 0.6 is 11.8 Å². The van der Waals surface area contributed by atoms with Crippen molar-refractivity contribution in [3.8, 4) is 6.07 Å². The van der Waals surface area contributed by atoms with E-state index in [0.29, 0.717) is 22.0 Å². The molecule has 0 amide bonds. The normalized spacial score (nSPS) is 16.2. The Morgan fingerprint density at radius 2 is 1.97 bits per heavy atom. The smallest absolute Gasteiger partial charge is 0.416 e. The van der Waals surface area contributed by atoms with Gasteiger partial charge in [0, 0.05) is 17.1 Å². The number of esters is 1. The zero-order chi connectivity index (χ0) is 24.9. The second kappa shape index (κ2) is 10.8. The molecule has 2 aromatic carbocycles. The van der Waals surface area contributed by atoms with Crippen LogP contribution in [-0.4, -0.2) is 35.2 Å². The van der Waals surface area contributed by atoms with E-state index in [-0.39, 0.29) is 30.2 Å². The summed E-state index contributed by atoms with van der Waals surface area (Å²) in [7, 11) is 0. The van der Waals surface area contributed by atoms with E-state index in [1.165, 1.54) is 17.0 Å². The molecule has 0 aliphatic carbocycles. The summed E-state index contributed by atoms with van der Waals surface area (Å²) in [6, 6.07) is 12.5. The van der Waals surface area contributed by atoms with Crippen molar-refractivity contribution in [3.05, 3.63) is 76.5 Å². The number of aliphatic hydroxyl groups excluding tert-OH is 1. The number of alkyl halides is 3. The van der Waals surface area contributed by atoms with Crippen molar-refractivity contribution in [1.82, 2.24) is 0 Å². The first-order valence-electron chi connectivity index (χ1n) is 10.4. The highest BCUT2D eigenvalue weighted by atomic mass is 32.2. The fourth-order valence-electron chi connectivity index (χ4n) is 3.51. The first-order valence-corrected chi connectivity index (χ1v) is 11.4. The Balaban J connectivity index is 2.20. The molecule has 1 heterocycles. The van der Waals surface area contributed by atoms with Crippen molar-refractivity contribution in [1.29, 1.82) is 5.26 Å². The Bertz CT molecular complexity index is 1150. The number of carbonyl (C=O) groups is 1. The molecule has 0 aromatic heterocycles. The molecule has 178 valence electrons. The number of carbonyl (C=O) groups excluding carboxylic acids is 1. The van der Waals surface area contributed by atoms with Gasteiger partial charge in [-0.3, -0.25) is 4.90 Å². The number of allylic oxidation sites excluding steroid dienone is 1. The number of hydrogen-bond donors (Lipinski definition) is 1. The molecule has 0 saturated carbocycles. The van der Waals surface area contributed by atoms with Crippen molar-refractivity contribution in [2.75, 3.05) is 23.9 Å². The fourth-order valence-corrected chi connectivity index (χ4v) is 4.33. The van der Waals surface area contributed by atoms with E-state index in [2.05, 4.69) is 0 Å². The second-order valence-corrected chi connectivity index (χ2v) is 8.29. The Labute approximate surface area is 199 Å². The molecule has 0 fully saturated rings. The van der Waals surface area contributed by atoms with Crippen LogP contribution in [0.5, 0.6) is 0 Å². The molecule has 1 aliphatic heterocycles. The van der Waals surface area contributed by atoms with Crippen LogP contribution in [0.1, 0.15) is 36.6 Å². The highest BCUT2D eigenvalue weighted by Crippen LogP contribution is 2.40. The summed E-state index contributed by atoms with van der Waals surface area (Å²) < 4.78 is 45.4. The Kier molecular flexibility index (Phi) is 8.02. The van der Waals surface area contributed by atoms with Crippen LogP contribution in [0.3, 0.4) is 0 Å². The van der Waals surface area contributed by atoms with E-state index in [1.54, 1.807) is 38.1 Å². The number of aliphatic hydroxyl groups is 1. The van der Waals surface area contributed by atoms with Gasteiger partial charge in [0.1, 0.15) is 6.04 Å². The minimum Gasteiger partial charge on any atom is -0.463 e. The largest absolute Gasteiger partial charge is 0.463 e. The molecule has 1 unspecified atom stereocenters. The number of hydrogen-bond acceptors (Lipinski definition) is 7. The van der Waals surface area contributed by atoms with E-state index in [1.807, 2.05) is 6.07 Å². The summed E-state index contributed by atoms with van der Waals surface area (Å²) in [6.45, 7) is 3.21. The lowest BCUT2D eigenvalue weighted by Crippen LogP contribution is -2.35. The van der Waals surface area contributed by atoms with Crippen molar-refractivity contribution in [3.63, 3.8) is 0 Å². The summed E-state index contributed by atoms with van der Waals surface area (Å²) >= 11 is 1.16. The molecule has 0 bridgehead atoms. The molecule has 3 rings (SSSR count). The van der Waals surface area contributed by atoms with Crippen LogP contribution in [0.15, 0.2) is 64.8 Å². The zero-order valence-corrected chi connectivity index (χ0v) is 19.3. The lowest BCUT2D eigenvalue weighted by molar-refractivity contribution is -0.139. The number of rotatable bonds is 6. The van der Waals surface area contributed by atoms with Gasteiger partial charge in [0.05, 0.1) is 36.0 Å². The first kappa shape index (κ1) is 25.3. The maximum absolute atomic E-state index is 13.4. The topological polar surface area (TPSA) is 85.9 Å². The molecule has 34 heavy (non-hydrogen) atoms. The lowest BCUT2D eigenvalue weighted by atomic mass is 9.95. The van der Waals surface area contributed by atoms with Crippen LogP contribution in [-0.2, 0) is 15.7 Å². The van der Waals surface area contributed by atoms with E-state index < -0.39 is 23.8 Å². The second-order valence-electron chi connectivity index (χ2n) is 7.22. The van der Waals surface area contributed by atoms with Gasteiger partial charge in [-0.25, -0.2) is 9.79 Å². The standard InChI is InChI=1S/C24H22F3N3O3S/c1-3-33-22(32)20-15(2)30(19-6-4-5-18(13-19)24(25,26)27)23(34-12-11-31)29-21(20)17-9-7-16(14-28)8-10-17/h4-10,13,21,31H,3,11-12H2,1-2H3. The van der Waals surface area contributed by atoms with Crippen molar-refractivity contribution >= 4 is 28.6 Å². The average molecular weight is 490 g/mol. The molecule has 1 atom stereocenters. The lowest BCUT2D eigenvalue weighted by Gasteiger charge is -2.35. The number of thioether (sulfide) groups is 1. The number of ether oxygens (including phenoxy) is 1. The van der Waals surface area contributed by atoms with Gasteiger partial charge in [0.15, 0.2) is 5.17 Å². The number of halogens is 3. The third kappa shape index (κ3) is 5.43. The van der Waals surface area contributed by atoms with E-state index in [9.17, 15) is 23.1 Å². The van der Waals surface area contributed by atoms with Gasteiger partial charge in [-0.05, 0) is 49.7 Å². The van der Waals surface area contributed by atoms with Gasteiger partial charge in [-0.15, -0.1) is 0 Å². The Hall–Kier alpha value is -3.29. The van der Waals surface area contributed by atoms with Gasteiger partial charge in [0.25, 0.3) is 0 Å². The minimum absolute atomic E-state index is 0.106. The molecule has 0 radical (unpaired) electrons. The summed E-state index contributed by atoms with van der Waals surface area (Å²) in [6.07, 6.45) is -4.55. The molecule has 10 heteroatoms. The molecule has 2 aromatic rings. The van der Waals surface area contributed by atoms with Crippen LogP contribution in [0.4, 0.5) is 18.9 Å². The summed E-state index contributed by atoms with van der Waals surface area (Å²) in [5.41, 5.74) is 0.933. The minimum atomic E-state index is -4.55. The molecule has 0 saturated heterocycles. The molecule has 6 nitrogen and oxygen atoms in total. The van der Waals surface area contributed by atoms with Gasteiger partial charge >= 0.3 is 12.1 Å². The SMILES string of the molecule is CCOC(=O)C1=C(C)N(c2cccc(C(F)(F)F)c2)C(SCCO)=NC1c1ccc(C#N)cc1. The van der Waals surface area contributed by atoms with E-state index >= 15 is 0 Å². The number of amidine groups is 1. The highest BCUT2D eigenvalue weighted by Gasteiger charge is 2.36. The maximum atomic E-state index is 13.4. The monoisotopic (exact) mass is 489 g/mol. The third-order valence-corrected chi connectivity index (χ3v) is 5.97. The van der Waals surface area contributed by atoms with Crippen LogP contribution in [0.2, 0.25) is 0 Å². The van der Waals surface area contributed by atoms with E-state index in [0.717, 1.165) is 23.9 Å². The Morgan fingerprint density at radius 1 is 1.26 bits per heavy atom. The van der Waals surface area contributed by atoms with Gasteiger partial charge in [0.2, 0.25) is 0 Å². The predicted molar refractivity (Wildman–Crippen MR) is 124 cm³/mol. The zero-order valence-electron chi connectivity index (χ0n) is 18.5. The number of anilines is 1. The fraction of sp³-hybridized carbons (Fsp3) is 0.292. The van der Waals surface area contributed by atoms with Gasteiger partial charge < -0.3 is 9.84 Å². The van der Waals surface area contributed by atoms with Crippen molar-refractivity contribution < 1.29 is 27.8 Å². The number of nitriles is 1. The molecule has 1 N–H and O–H groups in total. The molecular formula is C24H22F3N3O3S. The van der Waals surface area contributed by atoms with E-state index in [4.69, 9.17) is 15.0 Å². The average Bonchev–Trinajstić information content (AvgIpc) is 2.82. The highest BCUT2D eigenvalue weighted by molar-refractivity contribution is 8.14. The molecule has 1 aliphatic rings. The predicted octanol–water partition coefficient (Wildman–Crippen LogP) is 5.06. The summed E-state index contributed by atoms with van der Waals surface area (Å²) in [4.78, 5) is 19.2. The molecular weight excluding hydrogens is 467 g/mol. The summed E-state index contributed by atoms with van der Waals surface area (Å²) in [5, 5.41) is 18.8. The van der Waals surface area contributed by atoms with Gasteiger partial charge in [-0.1, -0.05) is 30.0 Å². The first-order chi connectivity index (χ1) is 16.2. The number of benzene rings is 2. The Morgan fingerprint density at radius 3 is 2.56 bits per heavy atom. The van der Waals surface area contributed by atoms with Crippen molar-refractivity contribution in [2.45, 2.75) is 26.1 Å².